The number of azo groups is 1. The lowest BCUT2D eigenvalue weighted by Gasteiger charge is -2.12. The lowest BCUT2D eigenvalue weighted by atomic mass is 10.2. The van der Waals surface area contributed by atoms with Crippen LogP contribution in [0.5, 0.6) is 5.75 Å². The molecule has 9 nitrogen and oxygen atoms in total. The van der Waals surface area contributed by atoms with E-state index in [1.54, 1.807) is 31.2 Å². The highest BCUT2D eigenvalue weighted by molar-refractivity contribution is 7.89. The molecule has 0 aromatic heterocycles. The number of hydrogen-bond acceptors (Lipinski definition) is 7. The van der Waals surface area contributed by atoms with E-state index in [0.29, 0.717) is 16.4 Å². The van der Waals surface area contributed by atoms with Gasteiger partial charge in [0.05, 0.1) is 16.3 Å². The van der Waals surface area contributed by atoms with Crippen LogP contribution in [-0.2, 0) is 14.8 Å². The first-order valence-electron chi connectivity index (χ1n) is 7.58. The van der Waals surface area contributed by atoms with Crippen molar-refractivity contribution in [2.24, 2.45) is 20.5 Å². The van der Waals surface area contributed by atoms with E-state index < -0.39 is 27.7 Å². The summed E-state index contributed by atoms with van der Waals surface area (Å²) in [5.74, 6) is -0.848. The number of anilines is 1. The van der Waals surface area contributed by atoms with Crippen molar-refractivity contribution in [1.29, 1.82) is 0 Å². The molecule has 0 bridgehead atoms. The molecule has 1 aliphatic rings. The van der Waals surface area contributed by atoms with E-state index in [2.05, 4.69) is 15.3 Å². The highest BCUT2D eigenvalue weighted by Crippen LogP contribution is 2.30. The van der Waals surface area contributed by atoms with Gasteiger partial charge in [0.25, 0.3) is 5.91 Å². The minimum atomic E-state index is -3.95. The van der Waals surface area contributed by atoms with Gasteiger partial charge >= 0.3 is 0 Å². The molecule has 0 fully saturated rings. The molecule has 2 aromatic rings. The molecular weight excluding hydrogens is 394 g/mol. The number of hydrazone groups is 1. The molecular formula is C16H14ClN5O4S. The van der Waals surface area contributed by atoms with Gasteiger partial charge in [0.2, 0.25) is 10.0 Å². The Morgan fingerprint density at radius 3 is 2.48 bits per heavy atom. The second-order valence-corrected chi connectivity index (χ2v) is 7.68. The lowest BCUT2D eigenvalue weighted by molar-refractivity contribution is -0.117. The number of hydrogen-bond donors (Lipinski definition) is 2. The average molecular weight is 408 g/mol. The largest absolute Gasteiger partial charge is 0.506 e. The quantitative estimate of drug-likeness (QED) is 0.752. The Morgan fingerprint density at radius 2 is 1.89 bits per heavy atom. The van der Waals surface area contributed by atoms with Crippen LogP contribution in [0.25, 0.3) is 0 Å². The van der Waals surface area contributed by atoms with E-state index >= 15 is 0 Å². The maximum atomic E-state index is 12.6. The second kappa shape index (κ2) is 7.06. The van der Waals surface area contributed by atoms with Gasteiger partial charge in [-0.25, -0.2) is 13.6 Å². The van der Waals surface area contributed by atoms with Gasteiger partial charge in [-0.05, 0) is 43.3 Å². The smallest absolute Gasteiger partial charge is 0.280 e. The van der Waals surface area contributed by atoms with Crippen LogP contribution in [0, 0.1) is 0 Å². The number of nitrogens with zero attached hydrogens (tertiary/aromatic N) is 4. The molecule has 1 heterocycles. The standard InChI is InChI=1S/C16H14ClN5O4S/c1-9-15(16(24)22(21-9)11-4-2-10(17)3-5-11)20-19-13-7-6-12(8-14(13)23)27(18,25)26/h2-8,15,23H,1H3,(H2,18,25,26). The fourth-order valence-corrected chi connectivity index (χ4v) is 3.00. The predicted molar refractivity (Wildman–Crippen MR) is 99.8 cm³/mol. The number of amides is 1. The molecule has 3 N–H and O–H groups in total. The number of halogens is 1. The van der Waals surface area contributed by atoms with Gasteiger partial charge in [-0.15, -0.1) is 0 Å². The monoisotopic (exact) mass is 407 g/mol. The zero-order chi connectivity index (χ0) is 19.8. The zero-order valence-electron chi connectivity index (χ0n) is 13.9. The van der Waals surface area contributed by atoms with Gasteiger partial charge in [-0.1, -0.05) is 11.6 Å². The van der Waals surface area contributed by atoms with Crippen molar-refractivity contribution < 1.29 is 18.3 Å². The van der Waals surface area contributed by atoms with E-state index in [4.69, 9.17) is 16.7 Å². The number of primary sulfonamides is 1. The first-order valence-corrected chi connectivity index (χ1v) is 9.50. The van der Waals surface area contributed by atoms with Gasteiger partial charge in [-0.3, -0.25) is 4.79 Å². The molecule has 11 heteroatoms. The Morgan fingerprint density at radius 1 is 1.22 bits per heavy atom. The van der Waals surface area contributed by atoms with Crippen molar-refractivity contribution in [2.45, 2.75) is 17.9 Å². The molecule has 2 aromatic carbocycles. The number of carbonyl (C=O) groups is 1. The predicted octanol–water partition coefficient (Wildman–Crippen LogP) is 2.57. The number of benzene rings is 2. The third kappa shape index (κ3) is 3.97. The summed E-state index contributed by atoms with van der Waals surface area (Å²) >= 11 is 5.84. The summed E-state index contributed by atoms with van der Waals surface area (Å²) in [6, 6.07) is 8.98. The Kier molecular flexibility index (Phi) is 4.96. The summed E-state index contributed by atoms with van der Waals surface area (Å²) in [4.78, 5) is 12.3. The highest BCUT2D eigenvalue weighted by Gasteiger charge is 2.34. The molecule has 0 aliphatic carbocycles. The molecule has 0 spiro atoms. The maximum Gasteiger partial charge on any atom is 0.280 e. The maximum absolute atomic E-state index is 12.6. The number of sulfonamides is 1. The number of nitrogens with two attached hydrogens (primary N) is 1. The Hall–Kier alpha value is -2.82. The van der Waals surface area contributed by atoms with Crippen molar-refractivity contribution >= 4 is 44.6 Å². The Labute approximate surface area is 159 Å². The van der Waals surface area contributed by atoms with Crippen LogP contribution in [0.15, 0.2) is 62.7 Å². The van der Waals surface area contributed by atoms with Crippen molar-refractivity contribution in [3.8, 4) is 5.75 Å². The first-order chi connectivity index (χ1) is 12.7. The number of aromatic hydroxyl groups is 1. The lowest BCUT2D eigenvalue weighted by Crippen LogP contribution is -2.29. The molecule has 1 amide bonds. The van der Waals surface area contributed by atoms with Crippen molar-refractivity contribution in [2.75, 3.05) is 5.01 Å². The number of carbonyl (C=O) groups excluding carboxylic acids is 1. The minimum Gasteiger partial charge on any atom is -0.506 e. The van der Waals surface area contributed by atoms with Gasteiger partial charge in [0.1, 0.15) is 11.4 Å². The van der Waals surface area contributed by atoms with E-state index in [9.17, 15) is 18.3 Å². The van der Waals surface area contributed by atoms with Gasteiger partial charge < -0.3 is 5.11 Å². The Balaban J connectivity index is 1.83. The summed E-state index contributed by atoms with van der Waals surface area (Å²) in [5, 5.41) is 28.6. The molecule has 3 rings (SSSR count). The average Bonchev–Trinajstić information content (AvgIpc) is 2.88. The van der Waals surface area contributed by atoms with Crippen molar-refractivity contribution in [3.63, 3.8) is 0 Å². The van der Waals surface area contributed by atoms with Crippen LogP contribution < -0.4 is 10.1 Å². The fourth-order valence-electron chi connectivity index (χ4n) is 2.34. The molecule has 1 aliphatic heterocycles. The van der Waals surface area contributed by atoms with Gasteiger partial charge in [0, 0.05) is 11.1 Å². The Bertz CT molecular complexity index is 1070. The molecule has 27 heavy (non-hydrogen) atoms. The van der Waals surface area contributed by atoms with Crippen molar-refractivity contribution in [3.05, 3.63) is 47.5 Å². The molecule has 0 radical (unpaired) electrons. The van der Waals surface area contributed by atoms with Crippen LogP contribution in [-0.4, -0.2) is 31.2 Å². The first kappa shape index (κ1) is 19.0. The number of phenolic OH excluding ortho intramolecular Hbond substituents is 1. The molecule has 0 saturated carbocycles. The van der Waals surface area contributed by atoms with E-state index in [-0.39, 0.29) is 10.6 Å². The van der Waals surface area contributed by atoms with E-state index in [0.717, 1.165) is 6.07 Å². The summed E-state index contributed by atoms with van der Waals surface area (Å²) < 4.78 is 22.6. The van der Waals surface area contributed by atoms with Crippen LogP contribution >= 0.6 is 11.6 Å². The topological polar surface area (TPSA) is 138 Å². The number of rotatable bonds is 4. The zero-order valence-corrected chi connectivity index (χ0v) is 15.5. The van der Waals surface area contributed by atoms with E-state index in [1.165, 1.54) is 17.1 Å². The van der Waals surface area contributed by atoms with Gasteiger partial charge in [-0.2, -0.15) is 20.3 Å². The minimum absolute atomic E-state index is 0.00653. The van der Waals surface area contributed by atoms with Crippen LogP contribution in [0.3, 0.4) is 0 Å². The molecule has 1 unspecified atom stereocenters. The van der Waals surface area contributed by atoms with Crippen LogP contribution in [0.4, 0.5) is 11.4 Å². The molecule has 0 saturated heterocycles. The van der Waals surface area contributed by atoms with Crippen LogP contribution in [0.2, 0.25) is 5.02 Å². The van der Waals surface area contributed by atoms with Crippen molar-refractivity contribution in [1.82, 2.24) is 0 Å². The van der Waals surface area contributed by atoms with E-state index in [1.807, 2.05) is 0 Å². The second-order valence-electron chi connectivity index (χ2n) is 5.68. The summed E-state index contributed by atoms with van der Waals surface area (Å²) in [6.45, 7) is 1.63. The molecule has 1 atom stereocenters. The summed E-state index contributed by atoms with van der Waals surface area (Å²) in [6.07, 6.45) is 0. The van der Waals surface area contributed by atoms with Crippen LogP contribution in [0.1, 0.15) is 6.92 Å². The van der Waals surface area contributed by atoms with Gasteiger partial charge in [0.15, 0.2) is 6.04 Å². The SMILES string of the molecule is CC1=NN(c2ccc(Cl)cc2)C(=O)C1N=Nc1ccc(S(N)(=O)=O)cc1O. The highest BCUT2D eigenvalue weighted by atomic mass is 35.5. The summed E-state index contributed by atoms with van der Waals surface area (Å²) in [7, 11) is -3.95. The third-order valence-electron chi connectivity index (χ3n) is 3.72. The normalized spacial score (nSPS) is 17.6. The molecule has 140 valence electrons. The fraction of sp³-hybridized carbons (Fsp3) is 0.125. The number of phenols is 1. The summed E-state index contributed by atoms with van der Waals surface area (Å²) in [5.41, 5.74) is 0.939. The third-order valence-corrected chi connectivity index (χ3v) is 4.89.